The lowest BCUT2D eigenvalue weighted by Crippen LogP contribution is -2.46. The SMILES string of the molecule is C=CC(C)NC(=O)N[C@H](C)C(=O)O. The minimum Gasteiger partial charge on any atom is -0.480 e. The van der Waals surface area contributed by atoms with E-state index in [4.69, 9.17) is 5.11 Å². The highest BCUT2D eigenvalue weighted by atomic mass is 16.4. The molecular formula is C8H14N2O3. The largest absolute Gasteiger partial charge is 0.480 e. The Bertz CT molecular complexity index is 215. The van der Waals surface area contributed by atoms with Crippen LogP contribution in [0.5, 0.6) is 0 Å². The van der Waals surface area contributed by atoms with Crippen LogP contribution < -0.4 is 10.6 Å². The lowest BCUT2D eigenvalue weighted by atomic mass is 10.3. The summed E-state index contributed by atoms with van der Waals surface area (Å²) in [7, 11) is 0. The number of aliphatic carboxylic acids is 1. The molecule has 5 heteroatoms. The van der Waals surface area contributed by atoms with E-state index < -0.39 is 18.0 Å². The molecule has 0 aromatic rings. The molecule has 0 aromatic heterocycles. The third kappa shape index (κ3) is 4.84. The van der Waals surface area contributed by atoms with E-state index in [1.165, 1.54) is 6.92 Å². The van der Waals surface area contributed by atoms with Crippen molar-refractivity contribution in [3.63, 3.8) is 0 Å². The highest BCUT2D eigenvalue weighted by molar-refractivity contribution is 5.82. The molecule has 0 rings (SSSR count). The number of urea groups is 1. The first kappa shape index (κ1) is 11.5. The van der Waals surface area contributed by atoms with Crippen LogP contribution in [-0.2, 0) is 4.79 Å². The van der Waals surface area contributed by atoms with E-state index in [1.807, 2.05) is 0 Å². The van der Waals surface area contributed by atoms with Crippen LogP contribution in [0, 0.1) is 0 Å². The van der Waals surface area contributed by atoms with Gasteiger partial charge in [0.25, 0.3) is 0 Å². The van der Waals surface area contributed by atoms with E-state index in [2.05, 4.69) is 17.2 Å². The zero-order valence-electron chi connectivity index (χ0n) is 7.70. The lowest BCUT2D eigenvalue weighted by Gasteiger charge is -2.12. The summed E-state index contributed by atoms with van der Waals surface area (Å²) in [5.41, 5.74) is 0. The second kappa shape index (κ2) is 5.18. The number of hydrogen-bond donors (Lipinski definition) is 3. The number of rotatable bonds is 4. The molecule has 0 heterocycles. The van der Waals surface area contributed by atoms with Gasteiger partial charge in [-0.05, 0) is 13.8 Å². The second-order valence-corrected chi connectivity index (χ2v) is 2.70. The average Bonchev–Trinajstić information content (AvgIpc) is 2.03. The van der Waals surface area contributed by atoms with Gasteiger partial charge in [0.05, 0.1) is 0 Å². The molecule has 2 amide bonds. The number of carbonyl (C=O) groups is 2. The summed E-state index contributed by atoms with van der Waals surface area (Å²) in [6, 6.07) is -1.58. The molecule has 3 N–H and O–H groups in total. The van der Waals surface area contributed by atoms with Crippen molar-refractivity contribution in [3.8, 4) is 0 Å². The molecule has 0 bridgehead atoms. The monoisotopic (exact) mass is 186 g/mol. The molecule has 2 atom stereocenters. The van der Waals surface area contributed by atoms with Crippen LogP contribution in [0.25, 0.3) is 0 Å². The molecule has 0 aliphatic carbocycles. The van der Waals surface area contributed by atoms with E-state index in [0.717, 1.165) is 0 Å². The molecule has 5 nitrogen and oxygen atoms in total. The molecule has 1 unspecified atom stereocenters. The van der Waals surface area contributed by atoms with Crippen molar-refractivity contribution in [2.24, 2.45) is 0 Å². The standard InChI is InChI=1S/C8H14N2O3/c1-4-5(2)9-8(13)10-6(3)7(11)12/h4-6H,1H2,2-3H3,(H,11,12)(H2,9,10,13)/t5?,6-/m1/s1. The predicted molar refractivity (Wildman–Crippen MR) is 48.4 cm³/mol. The maximum atomic E-state index is 11.0. The van der Waals surface area contributed by atoms with Crippen molar-refractivity contribution in [2.75, 3.05) is 0 Å². The Morgan fingerprint density at radius 1 is 1.38 bits per heavy atom. The molecule has 0 aromatic carbocycles. The van der Waals surface area contributed by atoms with Crippen LogP contribution in [-0.4, -0.2) is 29.2 Å². The number of carboxylic acid groups (broad SMARTS) is 1. The minimum atomic E-state index is -1.07. The second-order valence-electron chi connectivity index (χ2n) is 2.70. The first-order valence-corrected chi connectivity index (χ1v) is 3.89. The first-order valence-electron chi connectivity index (χ1n) is 3.89. The number of hydrogen-bond acceptors (Lipinski definition) is 2. The summed E-state index contributed by atoms with van der Waals surface area (Å²) in [6.07, 6.45) is 1.55. The molecule has 74 valence electrons. The molecule has 0 fully saturated rings. The van der Waals surface area contributed by atoms with Crippen molar-refractivity contribution in [1.29, 1.82) is 0 Å². The van der Waals surface area contributed by atoms with Gasteiger partial charge in [0.15, 0.2) is 0 Å². The zero-order chi connectivity index (χ0) is 10.4. The van der Waals surface area contributed by atoms with Crippen molar-refractivity contribution in [3.05, 3.63) is 12.7 Å². The summed E-state index contributed by atoms with van der Waals surface area (Å²) < 4.78 is 0. The Kier molecular flexibility index (Phi) is 4.58. The lowest BCUT2D eigenvalue weighted by molar-refractivity contribution is -0.138. The third-order valence-corrected chi connectivity index (χ3v) is 1.43. The molecule has 0 saturated carbocycles. The van der Waals surface area contributed by atoms with Crippen molar-refractivity contribution in [1.82, 2.24) is 10.6 Å². The average molecular weight is 186 g/mol. The normalized spacial score (nSPS) is 14.0. The number of carboxylic acids is 1. The Balaban J connectivity index is 3.87. The third-order valence-electron chi connectivity index (χ3n) is 1.43. The first-order chi connectivity index (χ1) is 5.97. The summed E-state index contributed by atoms with van der Waals surface area (Å²) in [6.45, 7) is 6.59. The van der Waals surface area contributed by atoms with Gasteiger partial charge in [0.1, 0.15) is 6.04 Å². The van der Waals surface area contributed by atoms with Crippen molar-refractivity contribution < 1.29 is 14.7 Å². The van der Waals surface area contributed by atoms with Crippen molar-refractivity contribution >= 4 is 12.0 Å². The molecule has 0 spiro atoms. The van der Waals surface area contributed by atoms with Gasteiger partial charge in [-0.25, -0.2) is 4.79 Å². The summed E-state index contributed by atoms with van der Waals surface area (Å²) >= 11 is 0. The number of carbonyl (C=O) groups excluding carboxylic acids is 1. The fraction of sp³-hybridized carbons (Fsp3) is 0.500. The quantitative estimate of drug-likeness (QED) is 0.554. The van der Waals surface area contributed by atoms with Gasteiger partial charge in [-0.15, -0.1) is 6.58 Å². The fourth-order valence-corrected chi connectivity index (χ4v) is 0.566. The topological polar surface area (TPSA) is 78.4 Å². The van der Waals surface area contributed by atoms with Gasteiger partial charge in [0.2, 0.25) is 0 Å². The summed E-state index contributed by atoms with van der Waals surface area (Å²) in [4.78, 5) is 21.3. The fourth-order valence-electron chi connectivity index (χ4n) is 0.566. The van der Waals surface area contributed by atoms with Gasteiger partial charge in [0, 0.05) is 6.04 Å². The van der Waals surface area contributed by atoms with Crippen LogP contribution in [0.2, 0.25) is 0 Å². The maximum absolute atomic E-state index is 11.0. The molecule has 13 heavy (non-hydrogen) atoms. The minimum absolute atomic E-state index is 0.180. The van der Waals surface area contributed by atoms with Crippen LogP contribution in [0.4, 0.5) is 4.79 Å². The molecule has 0 saturated heterocycles. The van der Waals surface area contributed by atoms with E-state index in [9.17, 15) is 9.59 Å². The summed E-state index contributed by atoms with van der Waals surface area (Å²) in [5.74, 6) is -1.07. The Labute approximate surface area is 76.8 Å². The summed E-state index contributed by atoms with van der Waals surface area (Å²) in [5, 5.41) is 13.2. The molecule has 0 radical (unpaired) electrons. The van der Waals surface area contributed by atoms with Gasteiger partial charge < -0.3 is 15.7 Å². The van der Waals surface area contributed by atoms with Gasteiger partial charge in [-0.3, -0.25) is 4.79 Å². The number of nitrogens with one attached hydrogen (secondary N) is 2. The van der Waals surface area contributed by atoms with Crippen LogP contribution >= 0.6 is 0 Å². The number of amides is 2. The van der Waals surface area contributed by atoms with Crippen LogP contribution in [0.3, 0.4) is 0 Å². The zero-order valence-corrected chi connectivity index (χ0v) is 7.70. The maximum Gasteiger partial charge on any atom is 0.325 e. The molecule has 0 aliphatic rings. The van der Waals surface area contributed by atoms with Gasteiger partial charge in [-0.1, -0.05) is 6.08 Å². The predicted octanol–water partition coefficient (Wildman–Crippen LogP) is 0.333. The van der Waals surface area contributed by atoms with Gasteiger partial charge in [-0.2, -0.15) is 0 Å². The smallest absolute Gasteiger partial charge is 0.325 e. The Hall–Kier alpha value is -1.52. The van der Waals surface area contributed by atoms with Crippen molar-refractivity contribution in [2.45, 2.75) is 25.9 Å². The highest BCUT2D eigenvalue weighted by Gasteiger charge is 2.13. The van der Waals surface area contributed by atoms with E-state index >= 15 is 0 Å². The van der Waals surface area contributed by atoms with E-state index in [1.54, 1.807) is 13.0 Å². The molecular weight excluding hydrogens is 172 g/mol. The van der Waals surface area contributed by atoms with Crippen LogP contribution in [0.15, 0.2) is 12.7 Å². The van der Waals surface area contributed by atoms with Gasteiger partial charge >= 0.3 is 12.0 Å². The Morgan fingerprint density at radius 2 is 1.92 bits per heavy atom. The van der Waals surface area contributed by atoms with E-state index in [-0.39, 0.29) is 6.04 Å². The Morgan fingerprint density at radius 3 is 2.31 bits per heavy atom. The van der Waals surface area contributed by atoms with E-state index in [0.29, 0.717) is 0 Å². The molecule has 0 aliphatic heterocycles. The highest BCUT2D eigenvalue weighted by Crippen LogP contribution is 1.84. The van der Waals surface area contributed by atoms with Crippen LogP contribution in [0.1, 0.15) is 13.8 Å².